The fourth-order valence-electron chi connectivity index (χ4n) is 5.25. The number of hydrogen-bond acceptors (Lipinski definition) is 7. The zero-order valence-electron chi connectivity index (χ0n) is 19.7. The number of ether oxygens (including phenoxy) is 3. The number of benzene rings is 1. The largest absolute Gasteiger partial charge is 0.494 e. The summed E-state index contributed by atoms with van der Waals surface area (Å²) in [7, 11) is 0. The molecule has 0 saturated carbocycles. The topological polar surface area (TPSA) is 115 Å². The van der Waals surface area contributed by atoms with Crippen molar-refractivity contribution in [3.63, 3.8) is 0 Å². The summed E-state index contributed by atoms with van der Waals surface area (Å²) in [5.74, 6) is -0.755. The van der Waals surface area contributed by atoms with Gasteiger partial charge in [0.25, 0.3) is 0 Å². The highest BCUT2D eigenvalue weighted by molar-refractivity contribution is 6.21. The SMILES string of the molecule is CCOC(=O)C1=C(C)OC(N)=C(C#N)[C@]12C(=O)N1c3c(cc(OCC)cc32)C(C)=CC1(C)C. The maximum Gasteiger partial charge on any atom is 0.339 e. The summed E-state index contributed by atoms with van der Waals surface area (Å²) in [5.41, 5.74) is 6.29. The Balaban J connectivity index is 2.20. The minimum atomic E-state index is -1.81. The first kappa shape index (κ1) is 22.5. The number of fused-ring (bicyclic) bond motifs is 1. The number of carbonyl (C=O) groups excluding carboxylic acids is 2. The number of rotatable bonds is 4. The van der Waals surface area contributed by atoms with Crippen LogP contribution in [-0.4, -0.2) is 30.6 Å². The molecular weight excluding hydrogens is 422 g/mol. The molecule has 1 spiro atoms. The molecular formula is C25H27N3O5. The fourth-order valence-corrected chi connectivity index (χ4v) is 5.25. The van der Waals surface area contributed by atoms with E-state index in [0.717, 1.165) is 11.1 Å². The molecule has 0 fully saturated rings. The molecule has 0 bridgehead atoms. The monoisotopic (exact) mass is 449 g/mol. The van der Waals surface area contributed by atoms with Crippen LogP contribution >= 0.6 is 0 Å². The van der Waals surface area contributed by atoms with Crippen molar-refractivity contribution < 1.29 is 23.8 Å². The molecule has 172 valence electrons. The van der Waals surface area contributed by atoms with Crippen molar-refractivity contribution in [1.82, 2.24) is 0 Å². The predicted molar refractivity (Wildman–Crippen MR) is 122 cm³/mol. The Morgan fingerprint density at radius 3 is 2.55 bits per heavy atom. The van der Waals surface area contributed by atoms with Gasteiger partial charge in [0, 0.05) is 11.1 Å². The molecule has 8 nitrogen and oxygen atoms in total. The van der Waals surface area contributed by atoms with Gasteiger partial charge in [-0.05, 0) is 59.2 Å². The lowest BCUT2D eigenvalue weighted by Gasteiger charge is -2.40. The maximum atomic E-state index is 14.4. The normalized spacial score (nSPS) is 22.6. The van der Waals surface area contributed by atoms with E-state index in [1.807, 2.05) is 39.8 Å². The van der Waals surface area contributed by atoms with Gasteiger partial charge in [-0.2, -0.15) is 5.26 Å². The van der Waals surface area contributed by atoms with Gasteiger partial charge in [-0.3, -0.25) is 4.79 Å². The molecule has 3 aliphatic heterocycles. The average molecular weight is 450 g/mol. The van der Waals surface area contributed by atoms with Crippen molar-refractivity contribution in [2.75, 3.05) is 18.1 Å². The van der Waals surface area contributed by atoms with E-state index in [4.69, 9.17) is 19.9 Å². The summed E-state index contributed by atoms with van der Waals surface area (Å²) in [6.45, 7) is 11.4. The van der Waals surface area contributed by atoms with Crippen molar-refractivity contribution in [3.8, 4) is 11.8 Å². The minimum absolute atomic E-state index is 0.0428. The van der Waals surface area contributed by atoms with Crippen LogP contribution in [0.25, 0.3) is 5.57 Å². The van der Waals surface area contributed by atoms with Crippen LogP contribution in [0.1, 0.15) is 52.7 Å². The highest BCUT2D eigenvalue weighted by atomic mass is 16.5. The molecule has 0 aromatic heterocycles. The van der Waals surface area contributed by atoms with Gasteiger partial charge in [0.1, 0.15) is 28.7 Å². The Morgan fingerprint density at radius 1 is 1.24 bits per heavy atom. The Kier molecular flexibility index (Phi) is 5.04. The van der Waals surface area contributed by atoms with Crippen LogP contribution in [0.3, 0.4) is 0 Å². The number of nitrogens with two attached hydrogens (primary N) is 1. The first-order valence-corrected chi connectivity index (χ1v) is 10.9. The number of carbonyl (C=O) groups is 2. The Morgan fingerprint density at radius 2 is 1.94 bits per heavy atom. The number of amides is 1. The van der Waals surface area contributed by atoms with Crippen LogP contribution < -0.4 is 15.4 Å². The van der Waals surface area contributed by atoms with E-state index in [2.05, 4.69) is 6.07 Å². The molecule has 0 aliphatic carbocycles. The fraction of sp³-hybridized carbons (Fsp3) is 0.400. The van der Waals surface area contributed by atoms with Crippen molar-refractivity contribution in [2.45, 2.75) is 52.5 Å². The second kappa shape index (κ2) is 7.41. The summed E-state index contributed by atoms with van der Waals surface area (Å²) in [5, 5.41) is 10.2. The van der Waals surface area contributed by atoms with Gasteiger partial charge in [-0.25, -0.2) is 4.79 Å². The summed E-state index contributed by atoms with van der Waals surface area (Å²) < 4.78 is 16.7. The van der Waals surface area contributed by atoms with Gasteiger partial charge < -0.3 is 24.8 Å². The molecule has 0 radical (unpaired) electrons. The van der Waals surface area contributed by atoms with E-state index in [-0.39, 0.29) is 29.4 Å². The third kappa shape index (κ3) is 2.81. The van der Waals surface area contributed by atoms with Crippen LogP contribution in [0.4, 0.5) is 5.69 Å². The number of nitriles is 1. The predicted octanol–water partition coefficient (Wildman–Crippen LogP) is 3.43. The van der Waals surface area contributed by atoms with Crippen LogP contribution in [0, 0.1) is 11.3 Å². The van der Waals surface area contributed by atoms with Crippen LogP contribution in [-0.2, 0) is 24.5 Å². The number of allylic oxidation sites excluding steroid dienone is 2. The molecule has 1 aromatic carbocycles. The molecule has 33 heavy (non-hydrogen) atoms. The number of anilines is 1. The lowest BCUT2D eigenvalue weighted by Crippen LogP contribution is -2.54. The summed E-state index contributed by atoms with van der Waals surface area (Å²) >= 11 is 0. The van der Waals surface area contributed by atoms with Gasteiger partial charge in [-0.1, -0.05) is 6.08 Å². The van der Waals surface area contributed by atoms with Crippen LogP contribution in [0.15, 0.2) is 41.0 Å². The second-order valence-corrected chi connectivity index (χ2v) is 8.78. The first-order chi connectivity index (χ1) is 15.6. The zero-order valence-corrected chi connectivity index (χ0v) is 19.7. The van der Waals surface area contributed by atoms with Gasteiger partial charge >= 0.3 is 5.97 Å². The van der Waals surface area contributed by atoms with Crippen molar-refractivity contribution >= 4 is 23.1 Å². The van der Waals surface area contributed by atoms with Gasteiger partial charge in [0.2, 0.25) is 11.8 Å². The highest BCUT2D eigenvalue weighted by Crippen LogP contribution is 2.59. The van der Waals surface area contributed by atoms with Crippen molar-refractivity contribution in [3.05, 3.63) is 52.1 Å². The van der Waals surface area contributed by atoms with E-state index in [1.54, 1.807) is 24.8 Å². The van der Waals surface area contributed by atoms with E-state index < -0.39 is 22.8 Å². The molecule has 4 rings (SSSR count). The Labute approximate surface area is 192 Å². The van der Waals surface area contributed by atoms with E-state index >= 15 is 0 Å². The second-order valence-electron chi connectivity index (χ2n) is 8.78. The van der Waals surface area contributed by atoms with Gasteiger partial charge in [0.15, 0.2) is 5.41 Å². The zero-order chi connectivity index (χ0) is 24.3. The maximum absolute atomic E-state index is 14.4. The summed E-state index contributed by atoms with van der Waals surface area (Å²) in [6.07, 6.45) is 1.99. The standard InChI is InChI=1S/C25H27N3O5/c1-7-31-15-9-16-13(3)11-24(5,6)28-20(16)17(10-15)25(23(28)30)18(12-26)21(27)33-14(4)19(25)22(29)32-8-2/h9-11H,7-8,27H2,1-6H3/t25-/m0/s1. The third-order valence-electron chi connectivity index (χ3n) is 6.32. The Bertz CT molecular complexity index is 1230. The number of esters is 1. The number of nitrogens with zero attached hydrogens (tertiary/aromatic N) is 2. The van der Waals surface area contributed by atoms with E-state index in [1.165, 1.54) is 0 Å². The first-order valence-electron chi connectivity index (χ1n) is 10.9. The van der Waals surface area contributed by atoms with Crippen molar-refractivity contribution in [1.29, 1.82) is 5.26 Å². The Hall–Kier alpha value is -3.73. The molecule has 3 heterocycles. The van der Waals surface area contributed by atoms with Gasteiger partial charge in [0.05, 0.1) is 24.4 Å². The minimum Gasteiger partial charge on any atom is -0.494 e. The van der Waals surface area contributed by atoms with Gasteiger partial charge in [-0.15, -0.1) is 0 Å². The van der Waals surface area contributed by atoms with E-state index in [9.17, 15) is 14.9 Å². The molecule has 1 aromatic rings. The molecule has 8 heteroatoms. The molecule has 1 amide bonds. The summed E-state index contributed by atoms with van der Waals surface area (Å²) in [6, 6.07) is 5.66. The van der Waals surface area contributed by atoms with Crippen LogP contribution in [0.2, 0.25) is 0 Å². The van der Waals surface area contributed by atoms with Crippen LogP contribution in [0.5, 0.6) is 5.75 Å². The molecule has 1 atom stereocenters. The molecule has 3 aliphatic rings. The quantitative estimate of drug-likeness (QED) is 0.700. The lowest BCUT2D eigenvalue weighted by atomic mass is 9.68. The molecule has 0 unspecified atom stereocenters. The number of hydrogen-bond donors (Lipinski definition) is 1. The summed E-state index contributed by atoms with van der Waals surface area (Å²) in [4.78, 5) is 29.4. The average Bonchev–Trinajstić information content (AvgIpc) is 2.97. The molecule has 0 saturated heterocycles. The molecule has 2 N–H and O–H groups in total. The van der Waals surface area contributed by atoms with Crippen molar-refractivity contribution in [2.24, 2.45) is 5.73 Å². The third-order valence-corrected chi connectivity index (χ3v) is 6.32. The highest BCUT2D eigenvalue weighted by Gasteiger charge is 2.65. The van der Waals surface area contributed by atoms with E-state index in [0.29, 0.717) is 23.6 Å². The smallest absolute Gasteiger partial charge is 0.339 e. The lowest BCUT2D eigenvalue weighted by molar-refractivity contribution is -0.141.